The number of rotatable bonds is 7. The van der Waals surface area contributed by atoms with Gasteiger partial charge in [0.15, 0.2) is 8.32 Å². The standard InChI is InChI=1S/C25H34BrNO3Si/c1-24(2,3)31(4,5)30-22-16-25(27-17-22,15-19-11-13-21(26)14-12-19)23(28)29-18-20-9-7-6-8-10-20/h6-14,22,27H,15-18H2,1-5H3. The van der Waals surface area contributed by atoms with Crippen molar-refractivity contribution in [2.75, 3.05) is 6.54 Å². The van der Waals surface area contributed by atoms with Gasteiger partial charge in [-0.1, -0.05) is 79.2 Å². The molecule has 4 nitrogen and oxygen atoms in total. The Morgan fingerprint density at radius 1 is 1.10 bits per heavy atom. The summed E-state index contributed by atoms with van der Waals surface area (Å²) in [6.45, 7) is 12.2. The Bertz CT molecular complexity index is 880. The Balaban J connectivity index is 1.78. The third kappa shape index (κ3) is 6.07. The summed E-state index contributed by atoms with van der Waals surface area (Å²) >= 11 is 3.49. The molecule has 2 unspecified atom stereocenters. The highest BCUT2D eigenvalue weighted by Crippen LogP contribution is 2.39. The van der Waals surface area contributed by atoms with Gasteiger partial charge in [-0.25, -0.2) is 0 Å². The summed E-state index contributed by atoms with van der Waals surface area (Å²) < 4.78 is 13.5. The quantitative estimate of drug-likeness (QED) is 0.379. The van der Waals surface area contributed by atoms with Crippen LogP contribution < -0.4 is 5.32 Å². The van der Waals surface area contributed by atoms with Gasteiger partial charge in [-0.2, -0.15) is 0 Å². The van der Waals surface area contributed by atoms with Crippen molar-refractivity contribution in [3.8, 4) is 0 Å². The van der Waals surface area contributed by atoms with Crippen molar-refractivity contribution in [3.63, 3.8) is 0 Å². The number of carbonyl (C=O) groups is 1. The van der Waals surface area contributed by atoms with Crippen LogP contribution in [0.4, 0.5) is 0 Å². The largest absolute Gasteiger partial charge is 0.459 e. The van der Waals surface area contributed by atoms with Gasteiger partial charge >= 0.3 is 5.97 Å². The van der Waals surface area contributed by atoms with E-state index in [1.54, 1.807) is 0 Å². The molecule has 0 bridgehead atoms. The predicted molar refractivity (Wildman–Crippen MR) is 132 cm³/mol. The number of hydrogen-bond acceptors (Lipinski definition) is 4. The number of halogens is 1. The second kappa shape index (κ2) is 9.57. The third-order valence-electron chi connectivity index (χ3n) is 6.53. The maximum absolute atomic E-state index is 13.4. The molecule has 1 N–H and O–H groups in total. The highest BCUT2D eigenvalue weighted by atomic mass is 79.9. The van der Waals surface area contributed by atoms with E-state index in [4.69, 9.17) is 9.16 Å². The van der Waals surface area contributed by atoms with Crippen LogP contribution in [0, 0.1) is 0 Å². The van der Waals surface area contributed by atoms with Crippen molar-refractivity contribution in [3.05, 3.63) is 70.2 Å². The zero-order valence-electron chi connectivity index (χ0n) is 19.2. The molecule has 0 spiro atoms. The number of ether oxygens (including phenoxy) is 1. The molecule has 3 rings (SSSR count). The fourth-order valence-corrected chi connectivity index (χ4v) is 5.31. The first-order chi connectivity index (χ1) is 14.5. The molecule has 2 aromatic carbocycles. The number of esters is 1. The molecule has 31 heavy (non-hydrogen) atoms. The van der Waals surface area contributed by atoms with Gasteiger partial charge in [0.1, 0.15) is 12.1 Å². The molecule has 168 valence electrons. The number of benzene rings is 2. The van der Waals surface area contributed by atoms with Crippen LogP contribution in [-0.2, 0) is 27.0 Å². The van der Waals surface area contributed by atoms with E-state index in [9.17, 15) is 4.79 Å². The van der Waals surface area contributed by atoms with Gasteiger partial charge in [0.05, 0.1) is 6.10 Å². The molecule has 0 amide bonds. The van der Waals surface area contributed by atoms with Crippen LogP contribution in [0.25, 0.3) is 0 Å². The number of nitrogens with one attached hydrogen (secondary N) is 1. The molecule has 6 heteroatoms. The molecule has 1 fully saturated rings. The maximum atomic E-state index is 13.4. The first-order valence-corrected chi connectivity index (χ1v) is 14.6. The number of carbonyl (C=O) groups excluding carboxylic acids is 1. The minimum absolute atomic E-state index is 0.000570. The molecule has 2 aromatic rings. The lowest BCUT2D eigenvalue weighted by molar-refractivity contribution is -0.152. The Morgan fingerprint density at radius 2 is 1.74 bits per heavy atom. The monoisotopic (exact) mass is 503 g/mol. The van der Waals surface area contributed by atoms with Crippen LogP contribution in [0.3, 0.4) is 0 Å². The second-order valence-electron chi connectivity index (χ2n) is 10.0. The smallest absolute Gasteiger partial charge is 0.327 e. The SMILES string of the molecule is CC(C)(C)[Si](C)(C)OC1CNC(Cc2ccc(Br)cc2)(C(=O)OCc2ccccc2)C1. The van der Waals surface area contributed by atoms with Crippen molar-refractivity contribution in [1.82, 2.24) is 5.32 Å². The molecule has 1 saturated heterocycles. The summed E-state index contributed by atoms with van der Waals surface area (Å²) in [4.78, 5) is 13.4. The second-order valence-corrected chi connectivity index (χ2v) is 15.7. The van der Waals surface area contributed by atoms with E-state index >= 15 is 0 Å². The topological polar surface area (TPSA) is 47.6 Å². The number of hydrogen-bond donors (Lipinski definition) is 1. The van der Waals surface area contributed by atoms with E-state index in [-0.39, 0.29) is 23.7 Å². The molecule has 2 atom stereocenters. The van der Waals surface area contributed by atoms with Gasteiger partial charge in [-0.05, 0) is 41.4 Å². The van der Waals surface area contributed by atoms with Gasteiger partial charge in [0.25, 0.3) is 0 Å². The van der Waals surface area contributed by atoms with E-state index < -0.39 is 13.9 Å². The molecular weight excluding hydrogens is 470 g/mol. The van der Waals surface area contributed by atoms with E-state index in [1.165, 1.54) is 0 Å². The van der Waals surface area contributed by atoms with Crippen molar-refractivity contribution in [1.29, 1.82) is 0 Å². The van der Waals surface area contributed by atoms with Crippen molar-refractivity contribution in [2.45, 2.75) is 70.0 Å². The van der Waals surface area contributed by atoms with Crippen LogP contribution >= 0.6 is 15.9 Å². The lowest BCUT2D eigenvalue weighted by Crippen LogP contribution is -2.50. The van der Waals surface area contributed by atoms with Crippen LogP contribution in [0.15, 0.2) is 59.1 Å². The first kappa shape index (κ1) is 24.2. The van der Waals surface area contributed by atoms with Crippen molar-refractivity contribution < 1.29 is 14.0 Å². The van der Waals surface area contributed by atoms with E-state index in [0.717, 1.165) is 15.6 Å². The van der Waals surface area contributed by atoms with E-state index in [2.05, 4.69) is 67.2 Å². The molecular formula is C25H34BrNO3Si. The maximum Gasteiger partial charge on any atom is 0.327 e. The van der Waals surface area contributed by atoms with Crippen LogP contribution in [-0.4, -0.2) is 32.5 Å². The zero-order chi connectivity index (χ0) is 22.7. The Hall–Kier alpha value is -1.47. The fraction of sp³-hybridized carbons (Fsp3) is 0.480. The molecule has 0 radical (unpaired) electrons. The van der Waals surface area contributed by atoms with E-state index in [0.29, 0.717) is 19.4 Å². The van der Waals surface area contributed by atoms with Crippen LogP contribution in [0.2, 0.25) is 18.1 Å². The average molecular weight is 505 g/mol. The minimum atomic E-state index is -1.94. The Morgan fingerprint density at radius 3 is 2.35 bits per heavy atom. The van der Waals surface area contributed by atoms with Crippen molar-refractivity contribution in [2.24, 2.45) is 0 Å². The van der Waals surface area contributed by atoms with Gasteiger partial charge in [-0.15, -0.1) is 0 Å². The zero-order valence-corrected chi connectivity index (χ0v) is 21.8. The lowest BCUT2D eigenvalue weighted by Gasteiger charge is -2.38. The van der Waals surface area contributed by atoms with Crippen LogP contribution in [0.1, 0.15) is 38.3 Å². The average Bonchev–Trinajstić information content (AvgIpc) is 3.11. The predicted octanol–water partition coefficient (Wildman–Crippen LogP) is 5.86. The fourth-order valence-electron chi connectivity index (χ4n) is 3.69. The molecule has 1 heterocycles. The minimum Gasteiger partial charge on any atom is -0.459 e. The summed E-state index contributed by atoms with van der Waals surface area (Å²) in [6.07, 6.45) is 1.19. The highest BCUT2D eigenvalue weighted by Gasteiger charge is 2.49. The summed E-state index contributed by atoms with van der Waals surface area (Å²) in [7, 11) is -1.94. The summed E-state index contributed by atoms with van der Waals surface area (Å²) in [5.74, 6) is -0.208. The summed E-state index contributed by atoms with van der Waals surface area (Å²) in [6, 6.07) is 17.9. The third-order valence-corrected chi connectivity index (χ3v) is 11.6. The van der Waals surface area contributed by atoms with Gasteiger partial charge in [0, 0.05) is 23.9 Å². The molecule has 1 aliphatic rings. The summed E-state index contributed by atoms with van der Waals surface area (Å²) in [5, 5.41) is 3.63. The highest BCUT2D eigenvalue weighted by molar-refractivity contribution is 9.10. The molecule has 0 aliphatic carbocycles. The van der Waals surface area contributed by atoms with E-state index in [1.807, 2.05) is 42.5 Å². The van der Waals surface area contributed by atoms with Crippen molar-refractivity contribution >= 4 is 30.2 Å². The first-order valence-electron chi connectivity index (χ1n) is 10.9. The summed E-state index contributed by atoms with van der Waals surface area (Å²) in [5.41, 5.74) is 1.30. The van der Waals surface area contributed by atoms with Crippen LogP contribution in [0.5, 0.6) is 0 Å². The Kier molecular flexibility index (Phi) is 7.46. The molecule has 0 saturated carbocycles. The lowest BCUT2D eigenvalue weighted by atomic mass is 9.88. The van der Waals surface area contributed by atoms with Gasteiger partial charge in [0.2, 0.25) is 0 Å². The Labute approximate surface area is 196 Å². The normalized spacial score (nSPS) is 21.8. The van der Waals surface area contributed by atoms with Gasteiger partial charge in [-0.3, -0.25) is 10.1 Å². The molecule has 1 aliphatic heterocycles. The molecule has 0 aromatic heterocycles. The van der Waals surface area contributed by atoms with Gasteiger partial charge < -0.3 is 9.16 Å².